The summed E-state index contributed by atoms with van der Waals surface area (Å²) in [7, 11) is -0.834. The molecular weight excluding hydrogens is 293 g/mol. The van der Waals surface area contributed by atoms with Crippen LogP contribution in [0.25, 0.3) is 0 Å². The average molecular weight is 327 g/mol. The molecule has 4 nitrogen and oxygen atoms in total. The molecule has 128 valence electrons. The Bertz CT molecular complexity index is 325. The van der Waals surface area contributed by atoms with Gasteiger partial charge in [0, 0.05) is 24.2 Å². The first-order valence-electron chi connectivity index (χ1n) is 8.25. The highest BCUT2D eigenvalue weighted by Crippen LogP contribution is 2.50. The van der Waals surface area contributed by atoms with Crippen LogP contribution in [0.5, 0.6) is 0 Å². The molecule has 0 heterocycles. The minimum Gasteiger partial charge on any atom is -0.327 e. The summed E-state index contributed by atoms with van der Waals surface area (Å²) in [6, 6.07) is 3.82. The number of nitriles is 1. The van der Waals surface area contributed by atoms with Gasteiger partial charge in [-0.25, -0.2) is 9.34 Å². The van der Waals surface area contributed by atoms with E-state index in [1.54, 1.807) is 0 Å². The Balaban J connectivity index is 5.23. The number of hydrogen-bond donors (Lipinski definition) is 0. The van der Waals surface area contributed by atoms with Crippen molar-refractivity contribution in [2.75, 3.05) is 6.61 Å². The average Bonchev–Trinajstić information content (AvgIpc) is 2.36. The van der Waals surface area contributed by atoms with E-state index in [9.17, 15) is 0 Å². The lowest BCUT2D eigenvalue weighted by Crippen LogP contribution is -2.43. The van der Waals surface area contributed by atoms with E-state index in [-0.39, 0.29) is 0 Å². The number of hydrogen-bond acceptors (Lipinski definition) is 4. The molecule has 0 amide bonds. The molecule has 0 radical (unpaired) electrons. The second-order valence-electron chi connectivity index (χ2n) is 6.52. The molecule has 0 aromatic carbocycles. The Morgan fingerprint density at radius 2 is 1.27 bits per heavy atom. The van der Waals surface area contributed by atoms with Crippen LogP contribution in [0.4, 0.5) is 0 Å². The summed E-state index contributed by atoms with van der Waals surface area (Å²) < 4.78 is 11.2. The molecule has 0 fully saturated rings. The van der Waals surface area contributed by atoms with Crippen molar-refractivity contribution < 1.29 is 4.52 Å². The van der Waals surface area contributed by atoms with Crippen molar-refractivity contribution in [2.45, 2.75) is 86.0 Å². The molecule has 0 aliphatic carbocycles. The van der Waals surface area contributed by atoms with Crippen molar-refractivity contribution in [3.05, 3.63) is 12.2 Å². The summed E-state index contributed by atoms with van der Waals surface area (Å²) in [5.41, 5.74) is 0. The lowest BCUT2D eigenvalue weighted by molar-refractivity contribution is 0.196. The first-order valence-corrected chi connectivity index (χ1v) is 9.41. The summed E-state index contributed by atoms with van der Waals surface area (Å²) in [5.74, 6) is 0. The Morgan fingerprint density at radius 3 is 1.59 bits per heavy atom. The van der Waals surface area contributed by atoms with Gasteiger partial charge in [0.2, 0.25) is 0 Å². The Hall–Kier alpha value is -0.460. The van der Waals surface area contributed by atoms with Crippen LogP contribution in [0.15, 0.2) is 12.2 Å². The highest BCUT2D eigenvalue weighted by molar-refractivity contribution is 7.47. The molecule has 0 unspecified atom stereocenters. The fourth-order valence-corrected chi connectivity index (χ4v) is 4.85. The van der Waals surface area contributed by atoms with Gasteiger partial charge in [0.25, 0.3) is 0 Å². The van der Waals surface area contributed by atoms with Gasteiger partial charge in [-0.1, -0.05) is 12.2 Å². The molecule has 0 N–H and O–H groups in total. The lowest BCUT2D eigenvalue weighted by atomic mass is 10.3. The van der Waals surface area contributed by atoms with Crippen LogP contribution in [-0.4, -0.2) is 40.1 Å². The molecule has 0 rings (SSSR count). The van der Waals surface area contributed by atoms with E-state index in [0.29, 0.717) is 37.2 Å². The van der Waals surface area contributed by atoms with Crippen LogP contribution in [-0.2, 0) is 4.52 Å². The molecule has 0 aliphatic heterocycles. The van der Waals surface area contributed by atoms with Crippen LogP contribution in [0.1, 0.15) is 61.8 Å². The van der Waals surface area contributed by atoms with E-state index in [2.05, 4.69) is 70.8 Å². The van der Waals surface area contributed by atoms with E-state index in [1.165, 1.54) is 0 Å². The van der Waals surface area contributed by atoms with Crippen molar-refractivity contribution in [3.63, 3.8) is 0 Å². The van der Waals surface area contributed by atoms with E-state index in [1.807, 2.05) is 12.2 Å². The quantitative estimate of drug-likeness (QED) is 0.421. The molecule has 5 heteroatoms. The maximum absolute atomic E-state index is 8.59. The maximum atomic E-state index is 8.59. The zero-order valence-electron chi connectivity index (χ0n) is 15.6. The molecule has 0 saturated heterocycles. The number of nitrogens with zero attached hydrogens (tertiary/aromatic N) is 3. The Morgan fingerprint density at radius 1 is 0.864 bits per heavy atom. The summed E-state index contributed by atoms with van der Waals surface area (Å²) in [6.45, 7) is 18.4. The van der Waals surface area contributed by atoms with Crippen LogP contribution < -0.4 is 0 Å². The first-order chi connectivity index (χ1) is 10.2. The van der Waals surface area contributed by atoms with Gasteiger partial charge in [-0.3, -0.25) is 0 Å². The van der Waals surface area contributed by atoms with E-state index in [4.69, 9.17) is 9.79 Å². The normalized spacial score (nSPS) is 13.0. The third-order valence-electron chi connectivity index (χ3n) is 3.17. The molecule has 0 aliphatic rings. The van der Waals surface area contributed by atoms with E-state index >= 15 is 0 Å². The third kappa shape index (κ3) is 7.20. The maximum Gasteiger partial charge on any atom is 0.189 e. The topological polar surface area (TPSA) is 39.5 Å². The molecule has 0 bridgehead atoms. The van der Waals surface area contributed by atoms with Crippen molar-refractivity contribution in [3.8, 4) is 6.07 Å². The molecule has 0 spiro atoms. The monoisotopic (exact) mass is 327 g/mol. The lowest BCUT2D eigenvalue weighted by Gasteiger charge is -2.45. The highest BCUT2D eigenvalue weighted by atomic mass is 31.2. The second-order valence-corrected chi connectivity index (χ2v) is 8.20. The van der Waals surface area contributed by atoms with Gasteiger partial charge >= 0.3 is 0 Å². The predicted molar refractivity (Wildman–Crippen MR) is 96.5 cm³/mol. The van der Waals surface area contributed by atoms with E-state index < -0.39 is 8.45 Å². The Kier molecular flexibility index (Phi) is 10.9. The fraction of sp³-hybridized carbons (Fsp3) is 0.824. The van der Waals surface area contributed by atoms with Gasteiger partial charge in [0.15, 0.2) is 8.45 Å². The first kappa shape index (κ1) is 21.5. The number of rotatable bonds is 10. The van der Waals surface area contributed by atoms with Gasteiger partial charge < -0.3 is 4.52 Å². The van der Waals surface area contributed by atoms with Gasteiger partial charge in [-0.15, -0.1) is 0 Å². The molecular formula is C17H34N3OP. The second kappa shape index (κ2) is 11.1. The van der Waals surface area contributed by atoms with Crippen molar-refractivity contribution >= 4 is 8.45 Å². The molecule has 0 aromatic heterocycles. The van der Waals surface area contributed by atoms with Gasteiger partial charge in [-0.05, 0) is 55.4 Å². The van der Waals surface area contributed by atoms with Crippen molar-refractivity contribution in [1.29, 1.82) is 5.26 Å². The van der Waals surface area contributed by atoms with Gasteiger partial charge in [0.1, 0.15) is 0 Å². The summed E-state index contributed by atoms with van der Waals surface area (Å²) >= 11 is 0. The summed E-state index contributed by atoms with van der Waals surface area (Å²) in [4.78, 5) is 0. The summed E-state index contributed by atoms with van der Waals surface area (Å²) in [5, 5.41) is 8.59. The summed E-state index contributed by atoms with van der Waals surface area (Å²) in [6.07, 6.45) is 4.27. The highest BCUT2D eigenvalue weighted by Gasteiger charge is 2.33. The molecule has 0 saturated carbocycles. The van der Waals surface area contributed by atoms with Gasteiger partial charge in [-0.2, -0.15) is 5.26 Å². The van der Waals surface area contributed by atoms with Crippen LogP contribution in [0.2, 0.25) is 0 Å². The van der Waals surface area contributed by atoms with E-state index in [0.717, 1.165) is 0 Å². The van der Waals surface area contributed by atoms with Crippen LogP contribution in [0.3, 0.4) is 0 Å². The standard InChI is InChI=1S/C17H34N3OP/c1-14(2)19(15(3)4)22(20(16(5)6)17(7)8)21-13-11-9-10-12-18/h9,11,14-17H,10,13H2,1-8H3/b11-9-. The van der Waals surface area contributed by atoms with Crippen molar-refractivity contribution in [2.24, 2.45) is 0 Å². The van der Waals surface area contributed by atoms with Crippen molar-refractivity contribution in [1.82, 2.24) is 9.34 Å². The largest absolute Gasteiger partial charge is 0.327 e. The predicted octanol–water partition coefficient (Wildman–Crippen LogP) is 4.94. The fourth-order valence-electron chi connectivity index (χ4n) is 2.55. The Labute approximate surface area is 139 Å². The zero-order chi connectivity index (χ0) is 17.3. The number of allylic oxidation sites excluding steroid dienone is 1. The SMILES string of the molecule is CC(C)N(C(C)C)P(OC/C=C\CC#N)N(C(C)C)C(C)C. The minimum atomic E-state index is -0.834. The molecule has 0 atom stereocenters. The third-order valence-corrected chi connectivity index (χ3v) is 6.19. The van der Waals surface area contributed by atoms with Crippen LogP contribution >= 0.6 is 8.45 Å². The zero-order valence-corrected chi connectivity index (χ0v) is 16.5. The van der Waals surface area contributed by atoms with Gasteiger partial charge in [0.05, 0.1) is 19.1 Å². The van der Waals surface area contributed by atoms with Crippen LogP contribution in [0, 0.1) is 11.3 Å². The molecule has 0 aromatic rings. The minimum absolute atomic E-state index is 0.425. The smallest absolute Gasteiger partial charge is 0.189 e. The molecule has 22 heavy (non-hydrogen) atoms.